The van der Waals surface area contributed by atoms with Crippen molar-refractivity contribution in [2.24, 2.45) is 14.1 Å². The van der Waals surface area contributed by atoms with Crippen molar-refractivity contribution in [2.45, 2.75) is 24.6 Å². The Balaban J connectivity index is 1.78. The van der Waals surface area contributed by atoms with Gasteiger partial charge in [0.2, 0.25) is 0 Å². The van der Waals surface area contributed by atoms with E-state index in [9.17, 15) is 27.9 Å². The summed E-state index contributed by atoms with van der Waals surface area (Å²) >= 11 is 12.7. The number of hydrogen-bond donors (Lipinski definition) is 2. The number of carboxylic acid groups (broad SMARTS) is 1. The summed E-state index contributed by atoms with van der Waals surface area (Å²) in [6.07, 6.45) is -6.61. The van der Waals surface area contributed by atoms with E-state index in [1.54, 1.807) is 0 Å². The van der Waals surface area contributed by atoms with E-state index in [1.165, 1.54) is 72.6 Å². The molecule has 0 fully saturated rings. The van der Waals surface area contributed by atoms with Crippen molar-refractivity contribution >= 4 is 40.4 Å². The third kappa shape index (κ3) is 4.53. The van der Waals surface area contributed by atoms with Crippen LogP contribution in [0.4, 0.5) is 18.0 Å². The number of imidazole rings is 1. The van der Waals surface area contributed by atoms with Crippen molar-refractivity contribution in [1.29, 1.82) is 0 Å². The van der Waals surface area contributed by atoms with Gasteiger partial charge in [0, 0.05) is 36.7 Å². The average molecular weight is 569 g/mol. The van der Waals surface area contributed by atoms with Crippen LogP contribution in [0.15, 0.2) is 59.4 Å². The highest BCUT2D eigenvalue weighted by Gasteiger charge is 2.59. The van der Waals surface area contributed by atoms with E-state index in [-0.39, 0.29) is 26.9 Å². The lowest BCUT2D eigenvalue weighted by molar-refractivity contribution is -0.274. The number of ether oxygens (including phenoxy) is 1. The number of aliphatic hydroxyl groups is 1. The molecular formula is C26H21Cl2F3N2O5. The topological polar surface area (TPSA) is 93.7 Å². The first kappa shape index (κ1) is 27.6. The van der Waals surface area contributed by atoms with E-state index in [4.69, 9.17) is 28.3 Å². The maximum absolute atomic E-state index is 14.5. The van der Waals surface area contributed by atoms with Crippen LogP contribution in [0.3, 0.4) is 0 Å². The molecule has 12 heteroatoms. The highest BCUT2D eigenvalue weighted by Crippen LogP contribution is 2.50. The Morgan fingerprint density at radius 1 is 0.947 bits per heavy atom. The minimum atomic E-state index is -5.10. The molecule has 0 saturated carbocycles. The summed E-state index contributed by atoms with van der Waals surface area (Å²) in [6.45, 7) is 1.22. The molecule has 0 bridgehead atoms. The summed E-state index contributed by atoms with van der Waals surface area (Å²) in [4.78, 5) is 23.0. The molecule has 0 radical (unpaired) electrons. The quantitative estimate of drug-likeness (QED) is 0.213. The molecule has 0 aliphatic heterocycles. The molecule has 2 unspecified atom stereocenters. The highest BCUT2D eigenvalue weighted by atomic mass is 35.5. The van der Waals surface area contributed by atoms with Crippen molar-refractivity contribution in [2.75, 3.05) is 0 Å². The second kappa shape index (κ2) is 9.68. The van der Waals surface area contributed by atoms with Crippen LogP contribution in [0.5, 0.6) is 5.75 Å². The first-order valence-corrected chi connectivity index (χ1v) is 11.9. The predicted octanol–water partition coefficient (Wildman–Crippen LogP) is 6.46. The second-order valence-electron chi connectivity index (χ2n) is 8.84. The lowest BCUT2D eigenvalue weighted by Gasteiger charge is -2.37. The smallest absolute Gasteiger partial charge is 0.449 e. The van der Waals surface area contributed by atoms with E-state index in [0.29, 0.717) is 16.6 Å². The summed E-state index contributed by atoms with van der Waals surface area (Å²) in [6, 6.07) is 12.1. The van der Waals surface area contributed by atoms with E-state index in [2.05, 4.69) is 4.74 Å². The number of carbonyl (C=O) groups is 1. The molecular weight excluding hydrogens is 548 g/mol. The third-order valence-corrected chi connectivity index (χ3v) is 7.33. The fourth-order valence-corrected chi connectivity index (χ4v) is 5.19. The van der Waals surface area contributed by atoms with Gasteiger partial charge >= 0.3 is 18.0 Å². The van der Waals surface area contributed by atoms with Crippen LogP contribution in [-0.4, -0.2) is 31.7 Å². The molecule has 2 atom stereocenters. The number of nitrogens with zero attached hydrogens (tertiary/aromatic N) is 2. The fourth-order valence-electron chi connectivity index (χ4n) is 4.57. The number of alkyl halides is 3. The van der Waals surface area contributed by atoms with Crippen molar-refractivity contribution in [3.8, 4) is 16.9 Å². The fraction of sp³-hybridized carbons (Fsp3) is 0.231. The standard InChI is InChI=1S/C26H21Cl2F3N2O5/c1-13(17-7-4-14(10-19(17)27)18-8-6-16(12-20(18)28)38-24(35)36)25(37,26(29,30)31)15-5-9-21-22(11-15)33(3)23(34)32(21)2/h4-13,37H,1-3H3,(H,35,36). The number of benzene rings is 3. The molecule has 4 rings (SSSR count). The lowest BCUT2D eigenvalue weighted by atomic mass is 9.77. The van der Waals surface area contributed by atoms with Crippen LogP contribution in [0.25, 0.3) is 22.2 Å². The van der Waals surface area contributed by atoms with Gasteiger partial charge in [-0.3, -0.25) is 9.13 Å². The monoisotopic (exact) mass is 568 g/mol. The van der Waals surface area contributed by atoms with Crippen LogP contribution in [0.1, 0.15) is 24.0 Å². The van der Waals surface area contributed by atoms with Gasteiger partial charge in [-0.25, -0.2) is 9.59 Å². The van der Waals surface area contributed by atoms with Gasteiger partial charge in [-0.15, -0.1) is 0 Å². The molecule has 0 saturated heterocycles. The van der Waals surface area contributed by atoms with Crippen LogP contribution in [0.2, 0.25) is 10.0 Å². The Bertz CT molecular complexity index is 1630. The molecule has 7 nitrogen and oxygen atoms in total. The first-order chi connectivity index (χ1) is 17.7. The molecule has 0 spiro atoms. The zero-order valence-electron chi connectivity index (χ0n) is 20.2. The van der Waals surface area contributed by atoms with Crippen LogP contribution in [0, 0.1) is 0 Å². The van der Waals surface area contributed by atoms with Gasteiger partial charge in [0.25, 0.3) is 0 Å². The summed E-state index contributed by atoms with van der Waals surface area (Å²) < 4.78 is 50.7. The van der Waals surface area contributed by atoms with Crippen molar-refractivity contribution in [3.63, 3.8) is 0 Å². The predicted molar refractivity (Wildman–Crippen MR) is 137 cm³/mol. The number of hydrogen-bond acceptors (Lipinski definition) is 4. The molecule has 3 aromatic carbocycles. The molecule has 200 valence electrons. The average Bonchev–Trinajstić information content (AvgIpc) is 3.05. The Morgan fingerprint density at radius 3 is 2.18 bits per heavy atom. The lowest BCUT2D eigenvalue weighted by Crippen LogP contribution is -2.46. The van der Waals surface area contributed by atoms with Gasteiger partial charge < -0.3 is 14.9 Å². The summed E-state index contributed by atoms with van der Waals surface area (Å²) in [5, 5.41) is 20.1. The third-order valence-electron chi connectivity index (χ3n) is 6.69. The molecule has 0 amide bonds. The molecule has 1 heterocycles. The number of rotatable bonds is 5. The largest absolute Gasteiger partial charge is 0.511 e. The SMILES string of the molecule is CC(c1ccc(-c2ccc(OC(=O)O)cc2Cl)cc1Cl)C(O)(c1ccc2c(c1)n(C)c(=O)n2C)C(F)(F)F. The molecule has 2 N–H and O–H groups in total. The minimum absolute atomic E-state index is 0.00860. The van der Waals surface area contributed by atoms with Gasteiger partial charge in [0.1, 0.15) is 5.75 Å². The summed E-state index contributed by atoms with van der Waals surface area (Å²) in [7, 11) is 2.94. The first-order valence-electron chi connectivity index (χ1n) is 11.1. The molecule has 0 aliphatic rings. The van der Waals surface area contributed by atoms with Crippen molar-refractivity contribution in [1.82, 2.24) is 9.13 Å². The Kier molecular flexibility index (Phi) is 7.02. The van der Waals surface area contributed by atoms with Crippen LogP contribution >= 0.6 is 23.2 Å². The maximum atomic E-state index is 14.5. The van der Waals surface area contributed by atoms with Crippen LogP contribution in [-0.2, 0) is 19.7 Å². The summed E-state index contributed by atoms with van der Waals surface area (Å²) in [5.41, 5.74) is -2.63. The zero-order valence-corrected chi connectivity index (χ0v) is 21.7. The van der Waals surface area contributed by atoms with Gasteiger partial charge in [-0.1, -0.05) is 48.3 Å². The van der Waals surface area contributed by atoms with E-state index >= 15 is 0 Å². The molecule has 38 heavy (non-hydrogen) atoms. The Labute approximate surface area is 224 Å². The highest BCUT2D eigenvalue weighted by molar-refractivity contribution is 6.34. The van der Waals surface area contributed by atoms with Crippen molar-refractivity contribution in [3.05, 3.63) is 86.3 Å². The number of fused-ring (bicyclic) bond motifs is 1. The molecule has 1 aromatic heterocycles. The summed E-state index contributed by atoms with van der Waals surface area (Å²) in [5.74, 6) is -1.56. The normalized spacial score (nSPS) is 14.3. The van der Waals surface area contributed by atoms with Crippen LogP contribution < -0.4 is 10.4 Å². The Morgan fingerprint density at radius 2 is 1.61 bits per heavy atom. The second-order valence-corrected chi connectivity index (χ2v) is 9.65. The van der Waals surface area contributed by atoms with E-state index in [1.807, 2.05) is 0 Å². The maximum Gasteiger partial charge on any atom is 0.511 e. The van der Waals surface area contributed by atoms with E-state index < -0.39 is 35.1 Å². The van der Waals surface area contributed by atoms with E-state index in [0.717, 1.165) is 12.1 Å². The molecule has 0 aliphatic carbocycles. The Hall–Kier alpha value is -3.47. The molecule has 4 aromatic rings. The van der Waals surface area contributed by atoms with Gasteiger partial charge in [-0.05, 0) is 47.0 Å². The van der Waals surface area contributed by atoms with Gasteiger partial charge in [-0.2, -0.15) is 13.2 Å². The van der Waals surface area contributed by atoms with Gasteiger partial charge in [0.15, 0.2) is 5.60 Å². The number of aryl methyl sites for hydroxylation is 2. The van der Waals surface area contributed by atoms with Crippen molar-refractivity contribution < 1.29 is 32.9 Å². The number of halogens is 5. The minimum Gasteiger partial charge on any atom is -0.449 e. The zero-order chi connectivity index (χ0) is 28.2. The number of aromatic nitrogens is 2. The van der Waals surface area contributed by atoms with Gasteiger partial charge in [0.05, 0.1) is 16.1 Å².